The maximum absolute atomic E-state index is 11.9. The molecule has 0 bridgehead atoms. The summed E-state index contributed by atoms with van der Waals surface area (Å²) in [6.45, 7) is 2.75. The molecule has 27 heavy (non-hydrogen) atoms. The summed E-state index contributed by atoms with van der Waals surface area (Å²) in [5, 5.41) is 8.00. The molecule has 2 heterocycles. The van der Waals surface area contributed by atoms with Crippen molar-refractivity contribution >= 4 is 17.6 Å². The van der Waals surface area contributed by atoms with Crippen molar-refractivity contribution in [1.29, 1.82) is 0 Å². The third kappa shape index (κ3) is 5.24. The number of nitrogens with one attached hydrogen (secondary N) is 3. The van der Waals surface area contributed by atoms with Crippen LogP contribution in [0.5, 0.6) is 17.4 Å². The van der Waals surface area contributed by atoms with Crippen molar-refractivity contribution in [2.24, 2.45) is 0 Å². The third-order valence-electron chi connectivity index (χ3n) is 3.61. The van der Waals surface area contributed by atoms with Crippen molar-refractivity contribution in [2.45, 2.75) is 13.5 Å². The molecule has 1 aromatic heterocycles. The highest BCUT2D eigenvalue weighted by molar-refractivity contribution is 5.88. The number of urea groups is 1. The van der Waals surface area contributed by atoms with Gasteiger partial charge in [-0.05, 0) is 30.7 Å². The number of nitrogens with zero attached hydrogens (tertiary/aromatic N) is 1. The molecular formula is C18H20N4O5. The van der Waals surface area contributed by atoms with Gasteiger partial charge in [0.05, 0.1) is 11.9 Å². The predicted octanol–water partition coefficient (Wildman–Crippen LogP) is 1.65. The Morgan fingerprint density at radius 3 is 2.78 bits per heavy atom. The van der Waals surface area contributed by atoms with Crippen molar-refractivity contribution in [3.05, 3.63) is 42.1 Å². The molecule has 3 N–H and O–H groups in total. The van der Waals surface area contributed by atoms with Gasteiger partial charge in [0.1, 0.15) is 0 Å². The second-order valence-corrected chi connectivity index (χ2v) is 5.62. The van der Waals surface area contributed by atoms with Gasteiger partial charge in [-0.2, -0.15) is 0 Å². The molecule has 0 atom stereocenters. The number of aromatic nitrogens is 1. The van der Waals surface area contributed by atoms with Gasteiger partial charge >= 0.3 is 6.03 Å². The van der Waals surface area contributed by atoms with Gasteiger partial charge in [-0.15, -0.1) is 0 Å². The van der Waals surface area contributed by atoms with E-state index in [4.69, 9.17) is 14.2 Å². The Hall–Kier alpha value is -3.49. The van der Waals surface area contributed by atoms with Gasteiger partial charge in [0.25, 0.3) is 5.91 Å². The summed E-state index contributed by atoms with van der Waals surface area (Å²) in [4.78, 5) is 27.4. The molecule has 3 amide bonds. The first kappa shape index (κ1) is 18.3. The average Bonchev–Trinajstić information content (AvgIpc) is 3.14. The molecule has 1 aliphatic heterocycles. The number of rotatable bonds is 7. The topological polar surface area (TPSA) is 111 Å². The van der Waals surface area contributed by atoms with E-state index in [-0.39, 0.29) is 31.2 Å². The Morgan fingerprint density at radius 1 is 1.15 bits per heavy atom. The highest BCUT2D eigenvalue weighted by Crippen LogP contribution is 2.32. The monoisotopic (exact) mass is 372 g/mol. The molecule has 0 spiro atoms. The number of anilines is 1. The van der Waals surface area contributed by atoms with E-state index in [1.165, 1.54) is 6.20 Å². The van der Waals surface area contributed by atoms with E-state index >= 15 is 0 Å². The Bertz CT molecular complexity index is 810. The van der Waals surface area contributed by atoms with E-state index in [0.717, 1.165) is 5.56 Å². The van der Waals surface area contributed by atoms with Crippen LogP contribution in [0.25, 0.3) is 0 Å². The highest BCUT2D eigenvalue weighted by atomic mass is 16.7. The standard InChI is InChI=1S/C18H20N4O5/c1-2-19-18(24)22-13-4-6-17(21-9-13)25-10-16(23)20-8-12-3-5-14-15(7-12)27-11-26-14/h3-7,9H,2,8,10-11H2,1H3,(H,20,23)(H2,19,22,24). The minimum Gasteiger partial charge on any atom is -0.468 e. The van der Waals surface area contributed by atoms with E-state index in [0.29, 0.717) is 30.3 Å². The maximum Gasteiger partial charge on any atom is 0.319 e. The summed E-state index contributed by atoms with van der Waals surface area (Å²) in [6, 6.07) is 8.40. The van der Waals surface area contributed by atoms with Crippen molar-refractivity contribution in [2.75, 3.05) is 25.3 Å². The zero-order valence-electron chi connectivity index (χ0n) is 14.8. The summed E-state index contributed by atoms with van der Waals surface area (Å²) in [5.74, 6) is 1.38. The summed E-state index contributed by atoms with van der Waals surface area (Å²) < 4.78 is 15.9. The number of ether oxygens (including phenoxy) is 3. The summed E-state index contributed by atoms with van der Waals surface area (Å²) in [5.41, 5.74) is 1.42. The summed E-state index contributed by atoms with van der Waals surface area (Å²) in [7, 11) is 0. The van der Waals surface area contributed by atoms with Gasteiger partial charge in [-0.25, -0.2) is 9.78 Å². The van der Waals surface area contributed by atoms with Gasteiger partial charge in [0.15, 0.2) is 18.1 Å². The number of carbonyl (C=O) groups is 2. The Balaban J connectivity index is 1.41. The molecule has 1 aliphatic rings. The normalized spacial score (nSPS) is 11.6. The van der Waals surface area contributed by atoms with E-state index in [2.05, 4.69) is 20.9 Å². The van der Waals surface area contributed by atoms with Crippen LogP contribution in [0.15, 0.2) is 36.5 Å². The van der Waals surface area contributed by atoms with Crippen LogP contribution in [0.3, 0.4) is 0 Å². The largest absolute Gasteiger partial charge is 0.468 e. The quantitative estimate of drug-likeness (QED) is 0.682. The van der Waals surface area contributed by atoms with Crippen LogP contribution in [-0.2, 0) is 11.3 Å². The molecule has 142 valence electrons. The first-order valence-electron chi connectivity index (χ1n) is 8.43. The minimum absolute atomic E-state index is 0.166. The van der Waals surface area contributed by atoms with E-state index < -0.39 is 0 Å². The van der Waals surface area contributed by atoms with E-state index in [1.54, 1.807) is 18.2 Å². The average molecular weight is 372 g/mol. The Morgan fingerprint density at radius 2 is 2.00 bits per heavy atom. The molecule has 0 aliphatic carbocycles. The first-order valence-corrected chi connectivity index (χ1v) is 8.43. The highest BCUT2D eigenvalue weighted by Gasteiger charge is 2.13. The lowest BCUT2D eigenvalue weighted by molar-refractivity contribution is -0.123. The molecular weight excluding hydrogens is 352 g/mol. The van der Waals surface area contributed by atoms with Gasteiger partial charge < -0.3 is 30.2 Å². The van der Waals surface area contributed by atoms with Gasteiger partial charge in [0.2, 0.25) is 12.7 Å². The van der Waals surface area contributed by atoms with Crippen LogP contribution in [0.2, 0.25) is 0 Å². The fraction of sp³-hybridized carbons (Fsp3) is 0.278. The SMILES string of the molecule is CCNC(=O)Nc1ccc(OCC(=O)NCc2ccc3c(c2)OCO3)nc1. The molecule has 1 aromatic carbocycles. The molecule has 9 nitrogen and oxygen atoms in total. The molecule has 0 radical (unpaired) electrons. The third-order valence-corrected chi connectivity index (χ3v) is 3.61. The van der Waals surface area contributed by atoms with Gasteiger partial charge in [-0.1, -0.05) is 6.07 Å². The second kappa shape index (κ2) is 8.75. The van der Waals surface area contributed by atoms with Crippen LogP contribution >= 0.6 is 0 Å². The second-order valence-electron chi connectivity index (χ2n) is 5.62. The van der Waals surface area contributed by atoms with Crippen LogP contribution in [0.1, 0.15) is 12.5 Å². The lowest BCUT2D eigenvalue weighted by Crippen LogP contribution is -2.28. The van der Waals surface area contributed by atoms with E-state index in [1.807, 2.05) is 19.1 Å². The van der Waals surface area contributed by atoms with E-state index in [9.17, 15) is 9.59 Å². The number of benzene rings is 1. The van der Waals surface area contributed by atoms with Gasteiger partial charge in [-0.3, -0.25) is 4.79 Å². The summed E-state index contributed by atoms with van der Waals surface area (Å²) >= 11 is 0. The Kier molecular flexibility index (Phi) is 5.93. The fourth-order valence-electron chi connectivity index (χ4n) is 2.32. The van der Waals surface area contributed by atoms with Crippen molar-refractivity contribution in [3.63, 3.8) is 0 Å². The first-order chi connectivity index (χ1) is 13.1. The number of carbonyl (C=O) groups excluding carboxylic acids is 2. The lowest BCUT2D eigenvalue weighted by Gasteiger charge is -2.09. The fourth-order valence-corrected chi connectivity index (χ4v) is 2.32. The number of pyridine rings is 1. The molecule has 9 heteroatoms. The molecule has 0 saturated carbocycles. The molecule has 0 unspecified atom stereocenters. The zero-order chi connectivity index (χ0) is 19.1. The molecule has 0 saturated heterocycles. The molecule has 2 aromatic rings. The van der Waals surface area contributed by atoms with Gasteiger partial charge in [0, 0.05) is 19.2 Å². The van der Waals surface area contributed by atoms with Crippen molar-refractivity contribution in [1.82, 2.24) is 15.6 Å². The predicted molar refractivity (Wildman–Crippen MR) is 96.8 cm³/mol. The lowest BCUT2D eigenvalue weighted by atomic mass is 10.2. The van der Waals surface area contributed by atoms with Crippen LogP contribution in [-0.4, -0.2) is 36.9 Å². The van der Waals surface area contributed by atoms with Crippen LogP contribution < -0.4 is 30.2 Å². The van der Waals surface area contributed by atoms with Crippen LogP contribution in [0, 0.1) is 0 Å². The van der Waals surface area contributed by atoms with Crippen molar-refractivity contribution in [3.8, 4) is 17.4 Å². The van der Waals surface area contributed by atoms with Crippen LogP contribution in [0.4, 0.5) is 10.5 Å². The number of hydrogen-bond donors (Lipinski definition) is 3. The summed E-state index contributed by atoms with van der Waals surface area (Å²) in [6.07, 6.45) is 1.45. The molecule has 0 fully saturated rings. The maximum atomic E-state index is 11.9. The number of amides is 3. The smallest absolute Gasteiger partial charge is 0.319 e. The van der Waals surface area contributed by atoms with Crippen molar-refractivity contribution < 1.29 is 23.8 Å². The molecule has 3 rings (SSSR count). The number of hydrogen-bond acceptors (Lipinski definition) is 6. The zero-order valence-corrected chi connectivity index (χ0v) is 14.8. The minimum atomic E-state index is -0.309. The number of fused-ring (bicyclic) bond motifs is 1. The Labute approximate surface area is 156 Å².